The molecule has 0 radical (unpaired) electrons. The molecule has 1 heterocycles. The lowest BCUT2D eigenvalue weighted by molar-refractivity contribution is -0.182. The highest BCUT2D eigenvalue weighted by atomic mass is 32.1. The molecule has 0 spiro atoms. The van der Waals surface area contributed by atoms with Crippen molar-refractivity contribution < 1.29 is 13.2 Å². The van der Waals surface area contributed by atoms with Gasteiger partial charge in [-0.1, -0.05) is 0 Å². The van der Waals surface area contributed by atoms with Crippen molar-refractivity contribution in [3.05, 3.63) is 22.4 Å². The molecule has 16 heavy (non-hydrogen) atoms. The third-order valence-corrected chi connectivity index (χ3v) is 3.09. The lowest BCUT2D eigenvalue weighted by Gasteiger charge is -2.29. The van der Waals surface area contributed by atoms with Crippen molar-refractivity contribution in [3.8, 4) is 0 Å². The summed E-state index contributed by atoms with van der Waals surface area (Å²) >= 11 is 1.48. The summed E-state index contributed by atoms with van der Waals surface area (Å²) in [5.74, 6) is 0. The first-order valence-electron chi connectivity index (χ1n) is 4.93. The highest BCUT2D eigenvalue weighted by Crippen LogP contribution is 2.27. The Balaban J connectivity index is 2.64. The molecule has 92 valence electrons. The van der Waals surface area contributed by atoms with E-state index in [1.54, 1.807) is 0 Å². The Morgan fingerprint density at radius 2 is 2.19 bits per heavy atom. The highest BCUT2D eigenvalue weighted by Gasteiger charge is 2.41. The van der Waals surface area contributed by atoms with Crippen LogP contribution in [0.5, 0.6) is 0 Å². The molecule has 1 aromatic rings. The predicted molar refractivity (Wildman–Crippen MR) is 59.3 cm³/mol. The first kappa shape index (κ1) is 13.5. The van der Waals surface area contributed by atoms with Crippen molar-refractivity contribution in [2.75, 3.05) is 13.6 Å². The maximum atomic E-state index is 12.7. The molecule has 0 aliphatic heterocycles. The third-order valence-electron chi connectivity index (χ3n) is 2.36. The zero-order chi connectivity index (χ0) is 12.2. The molecule has 0 aromatic carbocycles. The minimum atomic E-state index is -4.22. The Morgan fingerprint density at radius 3 is 2.62 bits per heavy atom. The standard InChI is InChI=1S/C10H15F3N2S/c1-15(6-8-3-5-16-7-8)9(2-4-14)10(11,12)13/h3,5,7,9H,2,4,6,14H2,1H3. The molecule has 1 unspecified atom stereocenters. The van der Waals surface area contributed by atoms with E-state index in [2.05, 4.69) is 0 Å². The molecule has 0 aliphatic rings. The third kappa shape index (κ3) is 3.77. The second kappa shape index (κ2) is 5.65. The number of nitrogens with zero attached hydrogens (tertiary/aromatic N) is 1. The molecule has 0 aliphatic carbocycles. The van der Waals surface area contributed by atoms with Crippen molar-refractivity contribution in [2.24, 2.45) is 5.73 Å². The largest absolute Gasteiger partial charge is 0.404 e. The molecule has 1 aromatic heterocycles. The van der Waals surface area contributed by atoms with Crippen molar-refractivity contribution >= 4 is 11.3 Å². The van der Waals surface area contributed by atoms with Crippen LogP contribution in [0.1, 0.15) is 12.0 Å². The average molecular weight is 252 g/mol. The van der Waals surface area contributed by atoms with Gasteiger partial charge in [0.05, 0.1) is 0 Å². The number of rotatable bonds is 5. The number of halogens is 3. The fourth-order valence-corrected chi connectivity index (χ4v) is 2.23. The summed E-state index contributed by atoms with van der Waals surface area (Å²) in [6.45, 7) is 0.339. The van der Waals surface area contributed by atoms with Gasteiger partial charge in [-0.05, 0) is 42.4 Å². The molecule has 2 N–H and O–H groups in total. The topological polar surface area (TPSA) is 29.3 Å². The maximum Gasteiger partial charge on any atom is 0.404 e. The summed E-state index contributed by atoms with van der Waals surface area (Å²) in [4.78, 5) is 1.30. The Hall–Kier alpha value is -0.590. The van der Waals surface area contributed by atoms with E-state index in [-0.39, 0.29) is 13.0 Å². The average Bonchev–Trinajstić information content (AvgIpc) is 2.64. The second-order valence-electron chi connectivity index (χ2n) is 3.68. The molecule has 1 atom stereocenters. The number of hydrogen-bond donors (Lipinski definition) is 1. The van der Waals surface area contributed by atoms with E-state index in [1.807, 2.05) is 16.8 Å². The summed E-state index contributed by atoms with van der Waals surface area (Å²) in [6, 6.07) is 0.370. The van der Waals surface area contributed by atoms with E-state index in [4.69, 9.17) is 5.73 Å². The van der Waals surface area contributed by atoms with E-state index >= 15 is 0 Å². The highest BCUT2D eigenvalue weighted by molar-refractivity contribution is 7.07. The van der Waals surface area contributed by atoms with Crippen LogP contribution in [-0.4, -0.2) is 30.7 Å². The molecule has 0 saturated heterocycles. The van der Waals surface area contributed by atoms with Gasteiger partial charge in [-0.25, -0.2) is 0 Å². The lowest BCUT2D eigenvalue weighted by atomic mass is 10.1. The Kier molecular flexibility index (Phi) is 4.76. The fraction of sp³-hybridized carbons (Fsp3) is 0.600. The quantitative estimate of drug-likeness (QED) is 0.872. The smallest absolute Gasteiger partial charge is 0.330 e. The van der Waals surface area contributed by atoms with Crippen LogP contribution in [0, 0.1) is 0 Å². The SMILES string of the molecule is CN(Cc1ccsc1)C(CCN)C(F)(F)F. The van der Waals surface area contributed by atoms with E-state index in [9.17, 15) is 13.2 Å². The van der Waals surface area contributed by atoms with Gasteiger partial charge < -0.3 is 5.73 Å². The molecule has 0 fully saturated rings. The van der Waals surface area contributed by atoms with Crippen LogP contribution < -0.4 is 5.73 Å². The monoisotopic (exact) mass is 252 g/mol. The maximum absolute atomic E-state index is 12.7. The van der Waals surface area contributed by atoms with Gasteiger partial charge in [0.25, 0.3) is 0 Å². The van der Waals surface area contributed by atoms with Crippen molar-refractivity contribution in [1.29, 1.82) is 0 Å². The molecule has 0 amide bonds. The summed E-state index contributed by atoms with van der Waals surface area (Å²) in [5, 5.41) is 3.71. The first-order valence-corrected chi connectivity index (χ1v) is 5.87. The van der Waals surface area contributed by atoms with Crippen LogP contribution in [0.4, 0.5) is 13.2 Å². The van der Waals surface area contributed by atoms with E-state index in [0.29, 0.717) is 6.54 Å². The summed E-state index contributed by atoms with van der Waals surface area (Å²) in [7, 11) is 1.48. The van der Waals surface area contributed by atoms with Gasteiger partial charge in [-0.2, -0.15) is 24.5 Å². The molecule has 2 nitrogen and oxygen atoms in total. The molecule has 0 bridgehead atoms. The van der Waals surface area contributed by atoms with Crippen LogP contribution in [-0.2, 0) is 6.54 Å². The van der Waals surface area contributed by atoms with E-state index in [1.165, 1.54) is 23.3 Å². The van der Waals surface area contributed by atoms with Gasteiger partial charge in [0.15, 0.2) is 0 Å². The van der Waals surface area contributed by atoms with Crippen LogP contribution in [0.2, 0.25) is 0 Å². The van der Waals surface area contributed by atoms with Gasteiger partial charge >= 0.3 is 6.18 Å². The number of nitrogens with two attached hydrogens (primary N) is 1. The molecule has 0 saturated carbocycles. The number of alkyl halides is 3. The van der Waals surface area contributed by atoms with Gasteiger partial charge in [-0.3, -0.25) is 4.90 Å². The Bertz CT molecular complexity index is 298. The molecular weight excluding hydrogens is 237 g/mol. The minimum Gasteiger partial charge on any atom is -0.330 e. The second-order valence-corrected chi connectivity index (χ2v) is 4.46. The molecule has 6 heteroatoms. The molecular formula is C10H15F3N2S. The zero-order valence-corrected chi connectivity index (χ0v) is 9.81. The lowest BCUT2D eigenvalue weighted by Crippen LogP contribution is -2.44. The fourth-order valence-electron chi connectivity index (χ4n) is 1.57. The number of hydrogen-bond acceptors (Lipinski definition) is 3. The van der Waals surface area contributed by atoms with Crippen LogP contribution in [0.3, 0.4) is 0 Å². The first-order chi connectivity index (χ1) is 7.45. The molecule has 1 rings (SSSR count). The van der Waals surface area contributed by atoms with E-state index in [0.717, 1.165) is 5.56 Å². The summed E-state index contributed by atoms with van der Waals surface area (Å²) in [5.41, 5.74) is 6.11. The summed E-state index contributed by atoms with van der Waals surface area (Å²) in [6.07, 6.45) is -4.28. The number of thiophene rings is 1. The predicted octanol–water partition coefficient (Wildman–Crippen LogP) is 2.46. The van der Waals surface area contributed by atoms with Crippen molar-refractivity contribution in [3.63, 3.8) is 0 Å². The van der Waals surface area contributed by atoms with Crippen LogP contribution in [0.15, 0.2) is 16.8 Å². The zero-order valence-electron chi connectivity index (χ0n) is 9.00. The van der Waals surface area contributed by atoms with Crippen LogP contribution in [0.25, 0.3) is 0 Å². The van der Waals surface area contributed by atoms with Gasteiger partial charge in [-0.15, -0.1) is 0 Å². The minimum absolute atomic E-state index is 0.0398. The van der Waals surface area contributed by atoms with E-state index < -0.39 is 12.2 Å². The Morgan fingerprint density at radius 1 is 1.50 bits per heavy atom. The van der Waals surface area contributed by atoms with Gasteiger partial charge in [0.2, 0.25) is 0 Å². The van der Waals surface area contributed by atoms with Crippen molar-refractivity contribution in [1.82, 2.24) is 4.90 Å². The van der Waals surface area contributed by atoms with Gasteiger partial charge in [0.1, 0.15) is 6.04 Å². The van der Waals surface area contributed by atoms with Crippen molar-refractivity contribution in [2.45, 2.75) is 25.2 Å². The Labute approximate surface area is 96.9 Å². The normalized spacial score (nSPS) is 14.4. The summed E-state index contributed by atoms with van der Waals surface area (Å²) < 4.78 is 38.1. The van der Waals surface area contributed by atoms with Gasteiger partial charge in [0, 0.05) is 6.54 Å². The van der Waals surface area contributed by atoms with Crippen LogP contribution >= 0.6 is 11.3 Å².